The summed E-state index contributed by atoms with van der Waals surface area (Å²) < 4.78 is 5.58. The van der Waals surface area contributed by atoms with E-state index < -0.39 is 0 Å². The molecule has 0 aliphatic rings. The molecule has 3 heteroatoms. The number of halogens is 1. The lowest BCUT2D eigenvalue weighted by Gasteiger charge is -2.08. The van der Waals surface area contributed by atoms with E-state index in [1.807, 2.05) is 42.5 Å². The largest absolute Gasteiger partial charge is 0.491 e. The molecule has 94 valence electrons. The second-order valence-corrected chi connectivity index (χ2v) is 4.35. The summed E-state index contributed by atoms with van der Waals surface area (Å²) in [5, 5.41) is 3.98. The van der Waals surface area contributed by atoms with Gasteiger partial charge in [0.25, 0.3) is 0 Å². The van der Waals surface area contributed by atoms with Gasteiger partial charge in [-0.3, -0.25) is 0 Å². The van der Waals surface area contributed by atoms with Gasteiger partial charge in [0.05, 0.1) is 5.02 Å². The summed E-state index contributed by atoms with van der Waals surface area (Å²) >= 11 is 5.99. The summed E-state index contributed by atoms with van der Waals surface area (Å²) in [6.45, 7) is 2.25. The van der Waals surface area contributed by atoms with E-state index in [1.54, 1.807) is 0 Å². The van der Waals surface area contributed by atoms with Crippen LogP contribution in [0.2, 0.25) is 5.02 Å². The lowest BCUT2D eigenvalue weighted by Crippen LogP contribution is -2.20. The standard InChI is InChI=1S/C15H16ClNO/c16-14-8-4-5-9-15(14)18-11-10-17-12-13-6-2-1-3-7-13/h1-9,17H,10-12H2. The van der Waals surface area contributed by atoms with Crippen LogP contribution in [-0.4, -0.2) is 13.2 Å². The summed E-state index contributed by atoms with van der Waals surface area (Å²) in [6, 6.07) is 17.8. The van der Waals surface area contributed by atoms with Gasteiger partial charge in [-0.1, -0.05) is 54.1 Å². The molecule has 2 nitrogen and oxygen atoms in total. The maximum atomic E-state index is 5.99. The van der Waals surface area contributed by atoms with Crippen LogP contribution in [0.25, 0.3) is 0 Å². The van der Waals surface area contributed by atoms with E-state index >= 15 is 0 Å². The van der Waals surface area contributed by atoms with Crippen molar-refractivity contribution < 1.29 is 4.74 Å². The van der Waals surface area contributed by atoms with E-state index in [9.17, 15) is 0 Å². The zero-order valence-electron chi connectivity index (χ0n) is 10.1. The summed E-state index contributed by atoms with van der Waals surface area (Å²) in [4.78, 5) is 0. The van der Waals surface area contributed by atoms with Gasteiger partial charge in [-0.05, 0) is 17.7 Å². The maximum Gasteiger partial charge on any atom is 0.137 e. The summed E-state index contributed by atoms with van der Waals surface area (Å²) in [5.41, 5.74) is 1.27. The predicted molar refractivity (Wildman–Crippen MR) is 75.1 cm³/mol. The minimum atomic E-state index is 0.608. The monoisotopic (exact) mass is 261 g/mol. The molecule has 0 atom stereocenters. The third kappa shape index (κ3) is 4.06. The molecule has 2 aromatic rings. The highest BCUT2D eigenvalue weighted by Crippen LogP contribution is 2.22. The van der Waals surface area contributed by atoms with Crippen molar-refractivity contribution in [2.75, 3.05) is 13.2 Å². The molecule has 2 rings (SSSR count). The first-order valence-corrected chi connectivity index (χ1v) is 6.36. The van der Waals surface area contributed by atoms with Gasteiger partial charge in [0.1, 0.15) is 12.4 Å². The second kappa shape index (κ2) is 7.04. The van der Waals surface area contributed by atoms with Crippen LogP contribution < -0.4 is 10.1 Å². The zero-order valence-corrected chi connectivity index (χ0v) is 10.9. The quantitative estimate of drug-likeness (QED) is 0.804. The van der Waals surface area contributed by atoms with Crippen molar-refractivity contribution in [1.29, 1.82) is 0 Å². The molecule has 0 fully saturated rings. The number of hydrogen-bond donors (Lipinski definition) is 1. The molecule has 0 aromatic heterocycles. The average molecular weight is 262 g/mol. The van der Waals surface area contributed by atoms with E-state index in [1.165, 1.54) is 5.56 Å². The summed E-state index contributed by atoms with van der Waals surface area (Å²) in [5.74, 6) is 0.737. The first kappa shape index (κ1) is 12.9. The Labute approximate surface area is 113 Å². The molecule has 18 heavy (non-hydrogen) atoms. The van der Waals surface area contributed by atoms with Gasteiger partial charge in [0.2, 0.25) is 0 Å². The molecule has 0 aliphatic carbocycles. The molecule has 0 saturated carbocycles. The van der Waals surface area contributed by atoms with Gasteiger partial charge < -0.3 is 10.1 Å². The topological polar surface area (TPSA) is 21.3 Å². The second-order valence-electron chi connectivity index (χ2n) is 3.94. The third-order valence-electron chi connectivity index (χ3n) is 2.55. The van der Waals surface area contributed by atoms with Gasteiger partial charge >= 0.3 is 0 Å². The Morgan fingerprint density at radius 3 is 2.44 bits per heavy atom. The molecule has 0 radical (unpaired) electrons. The lowest BCUT2D eigenvalue weighted by molar-refractivity contribution is 0.314. The van der Waals surface area contributed by atoms with Crippen molar-refractivity contribution in [2.45, 2.75) is 6.54 Å². The van der Waals surface area contributed by atoms with Crippen LogP contribution in [0, 0.1) is 0 Å². The van der Waals surface area contributed by atoms with Crippen molar-refractivity contribution >= 4 is 11.6 Å². The number of rotatable bonds is 6. The van der Waals surface area contributed by atoms with Gasteiger partial charge in [0.15, 0.2) is 0 Å². The first-order chi connectivity index (χ1) is 8.86. The van der Waals surface area contributed by atoms with Gasteiger partial charge in [-0.25, -0.2) is 0 Å². The zero-order chi connectivity index (χ0) is 12.6. The number of nitrogens with one attached hydrogen (secondary N) is 1. The SMILES string of the molecule is Clc1ccccc1OCCNCc1ccccc1. The van der Waals surface area contributed by atoms with E-state index in [0.29, 0.717) is 11.6 Å². The van der Waals surface area contributed by atoms with Crippen LogP contribution in [0.15, 0.2) is 54.6 Å². The third-order valence-corrected chi connectivity index (χ3v) is 2.86. The molecule has 0 spiro atoms. The molecule has 0 aliphatic heterocycles. The molecule has 0 amide bonds. The number of benzene rings is 2. The van der Waals surface area contributed by atoms with Gasteiger partial charge in [0, 0.05) is 13.1 Å². The minimum absolute atomic E-state index is 0.608. The molecule has 0 unspecified atom stereocenters. The number of hydrogen-bond acceptors (Lipinski definition) is 2. The predicted octanol–water partition coefficient (Wildman–Crippen LogP) is 3.51. The van der Waals surface area contributed by atoms with Crippen LogP contribution in [0.4, 0.5) is 0 Å². The van der Waals surface area contributed by atoms with E-state index in [-0.39, 0.29) is 0 Å². The first-order valence-electron chi connectivity index (χ1n) is 5.98. The van der Waals surface area contributed by atoms with Gasteiger partial charge in [-0.2, -0.15) is 0 Å². The van der Waals surface area contributed by atoms with Crippen molar-refractivity contribution in [1.82, 2.24) is 5.32 Å². The molecule has 1 N–H and O–H groups in total. The fourth-order valence-electron chi connectivity index (χ4n) is 1.62. The van der Waals surface area contributed by atoms with Crippen LogP contribution in [-0.2, 0) is 6.54 Å². The molecular formula is C15H16ClNO. The van der Waals surface area contributed by atoms with Gasteiger partial charge in [-0.15, -0.1) is 0 Å². The highest BCUT2D eigenvalue weighted by molar-refractivity contribution is 6.32. The Kier molecular flexibility index (Phi) is 5.06. The number of para-hydroxylation sites is 1. The van der Waals surface area contributed by atoms with E-state index in [4.69, 9.17) is 16.3 Å². The maximum absolute atomic E-state index is 5.99. The Morgan fingerprint density at radius 2 is 1.67 bits per heavy atom. The van der Waals surface area contributed by atoms with E-state index in [0.717, 1.165) is 18.8 Å². The molecular weight excluding hydrogens is 246 g/mol. The lowest BCUT2D eigenvalue weighted by atomic mass is 10.2. The average Bonchev–Trinajstić information content (AvgIpc) is 2.42. The molecule has 0 saturated heterocycles. The highest BCUT2D eigenvalue weighted by atomic mass is 35.5. The minimum Gasteiger partial charge on any atom is -0.491 e. The van der Waals surface area contributed by atoms with Crippen LogP contribution in [0.5, 0.6) is 5.75 Å². The Morgan fingerprint density at radius 1 is 0.944 bits per heavy atom. The van der Waals surface area contributed by atoms with Crippen molar-refractivity contribution in [2.24, 2.45) is 0 Å². The summed E-state index contributed by atoms with van der Waals surface area (Å²) in [7, 11) is 0. The fourth-order valence-corrected chi connectivity index (χ4v) is 1.81. The van der Waals surface area contributed by atoms with Crippen molar-refractivity contribution in [3.05, 3.63) is 65.2 Å². The Balaban J connectivity index is 1.66. The van der Waals surface area contributed by atoms with E-state index in [2.05, 4.69) is 17.4 Å². The molecule has 0 heterocycles. The fraction of sp³-hybridized carbons (Fsp3) is 0.200. The van der Waals surface area contributed by atoms with Crippen LogP contribution in [0.1, 0.15) is 5.56 Å². The molecule has 0 bridgehead atoms. The number of ether oxygens (including phenoxy) is 1. The summed E-state index contributed by atoms with van der Waals surface area (Å²) in [6.07, 6.45) is 0. The van der Waals surface area contributed by atoms with Crippen LogP contribution >= 0.6 is 11.6 Å². The Hall–Kier alpha value is -1.51. The van der Waals surface area contributed by atoms with Crippen LogP contribution in [0.3, 0.4) is 0 Å². The van der Waals surface area contributed by atoms with Crippen molar-refractivity contribution in [3.63, 3.8) is 0 Å². The smallest absolute Gasteiger partial charge is 0.137 e. The normalized spacial score (nSPS) is 10.3. The Bertz CT molecular complexity index is 473. The highest BCUT2D eigenvalue weighted by Gasteiger charge is 1.98. The van der Waals surface area contributed by atoms with Crippen molar-refractivity contribution in [3.8, 4) is 5.75 Å². The molecule has 2 aromatic carbocycles.